The largest absolute Gasteiger partial charge is 0.298 e. The van der Waals surface area contributed by atoms with Crippen LogP contribution in [0.25, 0.3) is 0 Å². The van der Waals surface area contributed by atoms with E-state index in [1.54, 1.807) is 0 Å². The van der Waals surface area contributed by atoms with E-state index in [1.807, 2.05) is 12.1 Å². The molecule has 1 aliphatic rings. The smallest absolute Gasteiger partial charge is 0.150 e. The van der Waals surface area contributed by atoms with Crippen molar-refractivity contribution in [3.05, 3.63) is 34.9 Å². The lowest BCUT2D eigenvalue weighted by Crippen LogP contribution is -2.13. The Hall–Kier alpha value is -1.11. The number of carbonyl (C=O) groups is 1. The van der Waals surface area contributed by atoms with Crippen LogP contribution in [0.4, 0.5) is 0 Å². The Morgan fingerprint density at radius 1 is 1.24 bits per heavy atom. The predicted octanol–water partition coefficient (Wildman–Crippen LogP) is 4.49. The summed E-state index contributed by atoms with van der Waals surface area (Å²) in [5.41, 5.74) is 3.46. The Morgan fingerprint density at radius 3 is 2.53 bits per heavy atom. The fourth-order valence-electron chi connectivity index (χ4n) is 3.12. The van der Waals surface area contributed by atoms with Crippen molar-refractivity contribution in [2.45, 2.75) is 51.9 Å². The van der Waals surface area contributed by atoms with E-state index < -0.39 is 0 Å². The van der Waals surface area contributed by atoms with Crippen LogP contribution in [0.5, 0.6) is 0 Å². The third kappa shape index (κ3) is 2.59. The van der Waals surface area contributed by atoms with Crippen molar-refractivity contribution in [3.8, 4) is 0 Å². The predicted molar refractivity (Wildman–Crippen MR) is 71.6 cm³/mol. The Morgan fingerprint density at radius 2 is 1.94 bits per heavy atom. The van der Waals surface area contributed by atoms with Gasteiger partial charge < -0.3 is 0 Å². The van der Waals surface area contributed by atoms with Gasteiger partial charge in [0.25, 0.3) is 0 Å². The molecule has 0 radical (unpaired) electrons. The summed E-state index contributed by atoms with van der Waals surface area (Å²) >= 11 is 0. The van der Waals surface area contributed by atoms with Gasteiger partial charge in [-0.25, -0.2) is 0 Å². The number of benzene rings is 1. The third-order valence-electron chi connectivity index (χ3n) is 4.41. The summed E-state index contributed by atoms with van der Waals surface area (Å²) in [5, 5.41) is 0. The molecule has 0 atom stereocenters. The van der Waals surface area contributed by atoms with E-state index in [0.717, 1.165) is 17.8 Å². The highest BCUT2D eigenvalue weighted by Crippen LogP contribution is 2.38. The van der Waals surface area contributed by atoms with Crippen molar-refractivity contribution in [1.82, 2.24) is 0 Å². The Labute approximate surface area is 104 Å². The molecule has 0 heterocycles. The second-order valence-corrected chi connectivity index (χ2v) is 5.31. The standard InChI is InChI=1S/C16H22O/c1-3-13-7-9-14(10-8-13)16-6-4-5-15(11-17)12(16)2/h4-6,11,13-14H,3,7-10H2,1-2H3. The number of carbonyl (C=O) groups excluding carboxylic acids is 1. The lowest BCUT2D eigenvalue weighted by atomic mass is 9.76. The van der Waals surface area contributed by atoms with Gasteiger partial charge in [0.2, 0.25) is 0 Å². The summed E-state index contributed by atoms with van der Waals surface area (Å²) in [6.45, 7) is 4.38. The average Bonchev–Trinajstić information content (AvgIpc) is 2.39. The minimum Gasteiger partial charge on any atom is -0.298 e. The fourth-order valence-corrected chi connectivity index (χ4v) is 3.12. The minimum atomic E-state index is 0.678. The maximum Gasteiger partial charge on any atom is 0.150 e. The molecule has 0 amide bonds. The van der Waals surface area contributed by atoms with Crippen molar-refractivity contribution in [2.75, 3.05) is 0 Å². The van der Waals surface area contributed by atoms with E-state index in [-0.39, 0.29) is 0 Å². The van der Waals surface area contributed by atoms with Crippen LogP contribution in [0.2, 0.25) is 0 Å². The Balaban J connectivity index is 2.16. The number of rotatable bonds is 3. The molecule has 0 spiro atoms. The van der Waals surface area contributed by atoms with Crippen LogP contribution in [0.15, 0.2) is 18.2 Å². The molecule has 92 valence electrons. The fraction of sp³-hybridized carbons (Fsp3) is 0.562. The van der Waals surface area contributed by atoms with Gasteiger partial charge in [-0.1, -0.05) is 31.5 Å². The highest BCUT2D eigenvalue weighted by Gasteiger charge is 2.22. The van der Waals surface area contributed by atoms with Crippen molar-refractivity contribution in [2.24, 2.45) is 5.92 Å². The maximum atomic E-state index is 11.0. The van der Waals surface area contributed by atoms with Gasteiger partial charge in [0, 0.05) is 5.56 Å². The van der Waals surface area contributed by atoms with Crippen molar-refractivity contribution in [1.29, 1.82) is 0 Å². The lowest BCUT2D eigenvalue weighted by molar-refractivity contribution is 0.112. The SMILES string of the molecule is CCC1CCC(c2cccc(C=O)c2C)CC1. The quantitative estimate of drug-likeness (QED) is 0.699. The van der Waals surface area contributed by atoms with E-state index in [9.17, 15) is 4.79 Å². The molecule has 0 bridgehead atoms. The normalized spacial score (nSPS) is 24.6. The molecule has 0 N–H and O–H groups in total. The summed E-state index contributed by atoms with van der Waals surface area (Å²) in [6, 6.07) is 6.15. The van der Waals surface area contributed by atoms with E-state index >= 15 is 0 Å². The minimum absolute atomic E-state index is 0.678. The van der Waals surface area contributed by atoms with Crippen LogP contribution < -0.4 is 0 Å². The van der Waals surface area contributed by atoms with Gasteiger partial charge in [-0.15, -0.1) is 0 Å². The Kier molecular flexibility index (Phi) is 3.98. The van der Waals surface area contributed by atoms with Crippen LogP contribution >= 0.6 is 0 Å². The van der Waals surface area contributed by atoms with Gasteiger partial charge in [0.05, 0.1) is 0 Å². The van der Waals surface area contributed by atoms with Gasteiger partial charge in [0.1, 0.15) is 6.29 Å². The first-order valence-electron chi connectivity index (χ1n) is 6.81. The zero-order valence-electron chi connectivity index (χ0n) is 10.9. The van der Waals surface area contributed by atoms with Gasteiger partial charge in [-0.3, -0.25) is 4.79 Å². The van der Waals surface area contributed by atoms with E-state index in [2.05, 4.69) is 19.9 Å². The molecule has 2 rings (SSSR count). The number of aldehydes is 1. The molecule has 0 aliphatic heterocycles. The molecule has 1 aromatic carbocycles. The third-order valence-corrected chi connectivity index (χ3v) is 4.41. The lowest BCUT2D eigenvalue weighted by Gasteiger charge is -2.29. The van der Waals surface area contributed by atoms with Crippen LogP contribution in [-0.2, 0) is 0 Å². The molecule has 17 heavy (non-hydrogen) atoms. The zero-order valence-corrected chi connectivity index (χ0v) is 10.9. The second kappa shape index (κ2) is 5.48. The molecule has 1 nitrogen and oxygen atoms in total. The van der Waals surface area contributed by atoms with Crippen molar-refractivity contribution >= 4 is 6.29 Å². The first-order valence-corrected chi connectivity index (χ1v) is 6.81. The van der Waals surface area contributed by atoms with Gasteiger partial charge in [-0.2, -0.15) is 0 Å². The van der Waals surface area contributed by atoms with E-state index in [0.29, 0.717) is 5.92 Å². The van der Waals surface area contributed by atoms with Gasteiger partial charge >= 0.3 is 0 Å². The van der Waals surface area contributed by atoms with Crippen LogP contribution in [0.1, 0.15) is 66.4 Å². The molecule has 1 saturated carbocycles. The summed E-state index contributed by atoms with van der Waals surface area (Å²) in [4.78, 5) is 11.0. The first-order chi connectivity index (χ1) is 8.26. The van der Waals surface area contributed by atoms with Gasteiger partial charge in [0.15, 0.2) is 0 Å². The second-order valence-electron chi connectivity index (χ2n) is 5.31. The van der Waals surface area contributed by atoms with Crippen LogP contribution in [-0.4, -0.2) is 6.29 Å². The number of hydrogen-bond acceptors (Lipinski definition) is 1. The molecule has 1 heteroatoms. The summed E-state index contributed by atoms with van der Waals surface area (Å²) < 4.78 is 0. The molecule has 1 aliphatic carbocycles. The molecular weight excluding hydrogens is 208 g/mol. The van der Waals surface area contributed by atoms with Crippen molar-refractivity contribution in [3.63, 3.8) is 0 Å². The molecular formula is C16H22O. The first kappa shape index (κ1) is 12.3. The van der Waals surface area contributed by atoms with Crippen LogP contribution in [0, 0.1) is 12.8 Å². The number of hydrogen-bond donors (Lipinski definition) is 0. The molecule has 1 aromatic rings. The topological polar surface area (TPSA) is 17.1 Å². The maximum absolute atomic E-state index is 11.0. The van der Waals surface area contributed by atoms with Crippen LogP contribution in [0.3, 0.4) is 0 Å². The molecule has 1 fully saturated rings. The average molecular weight is 230 g/mol. The monoisotopic (exact) mass is 230 g/mol. The highest BCUT2D eigenvalue weighted by molar-refractivity contribution is 5.77. The molecule has 0 saturated heterocycles. The zero-order chi connectivity index (χ0) is 12.3. The molecule has 0 unspecified atom stereocenters. The van der Waals surface area contributed by atoms with E-state index in [4.69, 9.17) is 0 Å². The van der Waals surface area contributed by atoms with Gasteiger partial charge in [-0.05, 0) is 55.6 Å². The summed E-state index contributed by atoms with van der Waals surface area (Å²) in [5.74, 6) is 1.61. The van der Waals surface area contributed by atoms with Crippen molar-refractivity contribution < 1.29 is 4.79 Å². The summed E-state index contributed by atoms with van der Waals surface area (Å²) in [6.07, 6.45) is 7.59. The molecule has 0 aromatic heterocycles. The summed E-state index contributed by atoms with van der Waals surface area (Å²) in [7, 11) is 0. The highest BCUT2D eigenvalue weighted by atomic mass is 16.1. The Bertz CT molecular complexity index is 387. The van der Waals surface area contributed by atoms with E-state index in [1.165, 1.54) is 43.2 Å².